The van der Waals surface area contributed by atoms with Gasteiger partial charge in [-0.3, -0.25) is 14.3 Å². The topological polar surface area (TPSA) is 51.0 Å². The summed E-state index contributed by atoms with van der Waals surface area (Å²) in [6.07, 6.45) is 5.97. The van der Waals surface area contributed by atoms with Crippen LogP contribution in [0, 0.1) is 5.82 Å². The molecule has 1 aliphatic heterocycles. The average molecular weight is 302 g/mol. The molecule has 1 saturated heterocycles. The summed E-state index contributed by atoms with van der Waals surface area (Å²) in [5.74, 6) is 0.131. The van der Waals surface area contributed by atoms with Gasteiger partial charge in [-0.05, 0) is 32.3 Å². The third-order valence-corrected chi connectivity index (χ3v) is 4.22. The highest BCUT2D eigenvalue weighted by molar-refractivity contribution is 5.60. The number of hydrogen-bond acceptors (Lipinski definition) is 4. The molecule has 0 N–H and O–H groups in total. The number of pyridine rings is 1. The van der Waals surface area contributed by atoms with Gasteiger partial charge >= 0.3 is 0 Å². The Labute approximate surface area is 128 Å². The number of rotatable bonds is 2. The van der Waals surface area contributed by atoms with Crippen LogP contribution in [-0.4, -0.2) is 27.1 Å². The van der Waals surface area contributed by atoms with Crippen LogP contribution in [0.1, 0.15) is 26.2 Å². The molecule has 0 bridgehead atoms. The maximum atomic E-state index is 13.9. The van der Waals surface area contributed by atoms with Crippen molar-refractivity contribution in [2.45, 2.75) is 32.2 Å². The molecule has 0 saturated carbocycles. The van der Waals surface area contributed by atoms with Crippen LogP contribution in [0.25, 0.3) is 11.3 Å². The normalized spacial score (nSPS) is 18.5. The van der Waals surface area contributed by atoms with E-state index in [1.165, 1.54) is 23.3 Å². The fraction of sp³-hybridized carbons (Fsp3) is 0.438. The maximum Gasteiger partial charge on any atom is 0.255 e. The maximum absolute atomic E-state index is 13.9. The molecular weight excluding hydrogens is 283 g/mol. The summed E-state index contributed by atoms with van der Waals surface area (Å²) in [4.78, 5) is 22.7. The molecule has 0 aromatic carbocycles. The predicted molar refractivity (Wildman–Crippen MR) is 83.3 cm³/mol. The van der Waals surface area contributed by atoms with Crippen LogP contribution in [0.4, 0.5) is 10.3 Å². The van der Waals surface area contributed by atoms with Crippen LogP contribution >= 0.6 is 0 Å². The second-order valence-electron chi connectivity index (χ2n) is 5.73. The molecule has 5 nitrogen and oxygen atoms in total. The molecule has 116 valence electrons. The van der Waals surface area contributed by atoms with Gasteiger partial charge in [0.1, 0.15) is 0 Å². The van der Waals surface area contributed by atoms with Crippen molar-refractivity contribution in [3.8, 4) is 11.3 Å². The molecule has 2 aromatic rings. The van der Waals surface area contributed by atoms with Crippen molar-refractivity contribution in [3.05, 3.63) is 40.7 Å². The molecule has 0 amide bonds. The fourth-order valence-electron chi connectivity index (χ4n) is 2.90. The lowest BCUT2D eigenvalue weighted by atomic mass is 10.0. The van der Waals surface area contributed by atoms with Gasteiger partial charge in [0.2, 0.25) is 5.95 Å². The molecule has 1 fully saturated rings. The van der Waals surface area contributed by atoms with Crippen LogP contribution in [0.15, 0.2) is 29.3 Å². The molecule has 3 rings (SSSR count). The first-order valence-corrected chi connectivity index (χ1v) is 7.52. The summed E-state index contributed by atoms with van der Waals surface area (Å²) in [6.45, 7) is 2.99. The van der Waals surface area contributed by atoms with Crippen molar-refractivity contribution in [2.75, 3.05) is 11.4 Å². The highest BCUT2D eigenvalue weighted by Gasteiger charge is 2.23. The van der Waals surface area contributed by atoms with Crippen molar-refractivity contribution in [1.29, 1.82) is 0 Å². The first kappa shape index (κ1) is 14.7. The van der Waals surface area contributed by atoms with Gasteiger partial charge in [0, 0.05) is 37.5 Å². The lowest BCUT2D eigenvalue weighted by Crippen LogP contribution is -2.41. The number of nitrogens with zero attached hydrogens (tertiary/aromatic N) is 4. The Bertz CT molecular complexity index is 743. The van der Waals surface area contributed by atoms with E-state index in [2.05, 4.69) is 21.8 Å². The second-order valence-corrected chi connectivity index (χ2v) is 5.73. The van der Waals surface area contributed by atoms with Gasteiger partial charge < -0.3 is 4.90 Å². The summed E-state index contributed by atoms with van der Waals surface area (Å²) in [6, 6.07) is 3.24. The summed E-state index contributed by atoms with van der Waals surface area (Å²) < 4.78 is 15.5. The molecule has 1 atom stereocenters. The Hall–Kier alpha value is -2.24. The molecule has 0 aliphatic carbocycles. The average Bonchev–Trinajstić information content (AvgIpc) is 2.51. The molecule has 0 spiro atoms. The van der Waals surface area contributed by atoms with Crippen LogP contribution in [0.2, 0.25) is 0 Å². The van der Waals surface area contributed by atoms with Crippen LogP contribution in [0.5, 0.6) is 0 Å². The van der Waals surface area contributed by atoms with E-state index in [1.54, 1.807) is 13.1 Å². The molecule has 22 heavy (non-hydrogen) atoms. The van der Waals surface area contributed by atoms with E-state index in [-0.39, 0.29) is 5.56 Å². The highest BCUT2D eigenvalue weighted by Crippen LogP contribution is 2.25. The van der Waals surface area contributed by atoms with Gasteiger partial charge in [0.15, 0.2) is 5.82 Å². The number of piperidine rings is 1. The molecular formula is C16H19FN4O. The molecule has 1 unspecified atom stereocenters. The van der Waals surface area contributed by atoms with E-state index in [0.29, 0.717) is 23.2 Å². The number of aromatic nitrogens is 3. The third kappa shape index (κ3) is 2.61. The Balaban J connectivity index is 2.11. The van der Waals surface area contributed by atoms with Crippen LogP contribution < -0.4 is 10.5 Å². The van der Waals surface area contributed by atoms with E-state index in [9.17, 15) is 9.18 Å². The largest absolute Gasteiger partial charge is 0.339 e. The van der Waals surface area contributed by atoms with Gasteiger partial charge in [-0.25, -0.2) is 9.37 Å². The quantitative estimate of drug-likeness (QED) is 0.854. The number of halogens is 1. The third-order valence-electron chi connectivity index (χ3n) is 4.22. The minimum absolute atomic E-state index is 0.186. The Morgan fingerprint density at radius 1 is 1.36 bits per heavy atom. The summed E-state index contributed by atoms with van der Waals surface area (Å²) >= 11 is 0. The monoisotopic (exact) mass is 302 g/mol. The molecule has 6 heteroatoms. The highest BCUT2D eigenvalue weighted by atomic mass is 19.1. The first-order chi connectivity index (χ1) is 10.6. The van der Waals surface area contributed by atoms with Gasteiger partial charge in [-0.2, -0.15) is 0 Å². The molecule has 1 aliphatic rings. The van der Waals surface area contributed by atoms with Crippen molar-refractivity contribution in [3.63, 3.8) is 0 Å². The fourth-order valence-corrected chi connectivity index (χ4v) is 2.90. The van der Waals surface area contributed by atoms with Crippen molar-refractivity contribution < 1.29 is 4.39 Å². The van der Waals surface area contributed by atoms with Crippen molar-refractivity contribution in [1.82, 2.24) is 14.5 Å². The minimum Gasteiger partial charge on any atom is -0.339 e. The lowest BCUT2D eigenvalue weighted by molar-refractivity contribution is 0.470. The lowest BCUT2D eigenvalue weighted by Gasteiger charge is -2.35. The summed E-state index contributed by atoms with van der Waals surface area (Å²) in [7, 11) is 1.71. The Morgan fingerprint density at radius 2 is 2.18 bits per heavy atom. The molecule has 2 aromatic heterocycles. The standard InChI is InChI=1S/C16H19FN4O/c1-11-5-3-4-8-21(11)16-19-14(9-15(22)20(16)2)12-6-7-18-10-13(12)17/h6-7,9-11H,3-5,8H2,1-2H3. The predicted octanol–water partition coefficient (Wildman–Crippen LogP) is 2.36. The number of hydrogen-bond donors (Lipinski definition) is 0. The van der Waals surface area contributed by atoms with Crippen LogP contribution in [-0.2, 0) is 7.05 Å². The van der Waals surface area contributed by atoms with Crippen molar-refractivity contribution in [2.24, 2.45) is 7.05 Å². The summed E-state index contributed by atoms with van der Waals surface area (Å²) in [5, 5.41) is 0. The number of anilines is 1. The SMILES string of the molecule is CC1CCCCN1c1nc(-c2ccncc2F)cc(=O)n1C. The molecule has 0 radical (unpaired) electrons. The Kier molecular flexibility index (Phi) is 3.92. The molecule has 3 heterocycles. The zero-order valence-electron chi connectivity index (χ0n) is 12.8. The van der Waals surface area contributed by atoms with E-state index >= 15 is 0 Å². The zero-order chi connectivity index (χ0) is 15.7. The minimum atomic E-state index is -0.471. The second kappa shape index (κ2) is 5.87. The van der Waals surface area contributed by atoms with Crippen LogP contribution in [0.3, 0.4) is 0 Å². The first-order valence-electron chi connectivity index (χ1n) is 7.52. The van der Waals surface area contributed by atoms with E-state index in [4.69, 9.17) is 0 Å². The van der Waals surface area contributed by atoms with E-state index in [0.717, 1.165) is 25.6 Å². The summed E-state index contributed by atoms with van der Waals surface area (Å²) in [5.41, 5.74) is 0.475. The van der Waals surface area contributed by atoms with Gasteiger partial charge in [-0.15, -0.1) is 0 Å². The van der Waals surface area contributed by atoms with Gasteiger partial charge in [0.25, 0.3) is 5.56 Å². The van der Waals surface area contributed by atoms with Crippen molar-refractivity contribution >= 4 is 5.95 Å². The zero-order valence-corrected chi connectivity index (χ0v) is 12.8. The van der Waals surface area contributed by atoms with E-state index in [1.807, 2.05) is 0 Å². The van der Waals surface area contributed by atoms with Gasteiger partial charge in [0.05, 0.1) is 11.9 Å². The Morgan fingerprint density at radius 3 is 2.91 bits per heavy atom. The smallest absolute Gasteiger partial charge is 0.255 e. The van der Waals surface area contributed by atoms with E-state index < -0.39 is 5.82 Å². The van der Waals surface area contributed by atoms with Gasteiger partial charge in [-0.1, -0.05) is 0 Å².